The number of hydrogen-bond donors (Lipinski definition) is 3. The van der Waals surface area contributed by atoms with Crippen molar-refractivity contribution in [1.29, 1.82) is 0 Å². The SMILES string of the molecule is CCCCCCCCCCCCC(=O)OC[C@H](COP(=O)(O)OC[C@H](O)COP(=O)(O)OC[C@@H](COC(=O)CCCCCCCCCCC(C)C)OC(=O)CCCCCCCCCCCCCCCCC(C)CC)OC(=O)CCCCCCCCC(C)CC. The van der Waals surface area contributed by atoms with E-state index >= 15 is 0 Å². The first kappa shape index (κ1) is 87.1. The second-order valence-corrected chi connectivity index (χ2v) is 29.1. The fourth-order valence-corrected chi connectivity index (χ4v) is 12.1. The van der Waals surface area contributed by atoms with Gasteiger partial charge in [-0.3, -0.25) is 37.3 Å². The van der Waals surface area contributed by atoms with Gasteiger partial charge in [-0.15, -0.1) is 0 Å². The molecule has 3 N–H and O–H groups in total. The lowest BCUT2D eigenvalue weighted by Gasteiger charge is -2.21. The van der Waals surface area contributed by atoms with E-state index in [0.717, 1.165) is 108 Å². The number of carbonyl (C=O) groups is 4. The van der Waals surface area contributed by atoms with Gasteiger partial charge in [0.05, 0.1) is 26.4 Å². The lowest BCUT2D eigenvalue weighted by Crippen LogP contribution is -2.30. The fourth-order valence-electron chi connectivity index (χ4n) is 10.5. The number of phosphoric ester groups is 2. The van der Waals surface area contributed by atoms with Crippen LogP contribution in [0, 0.1) is 17.8 Å². The molecule has 0 aromatic heterocycles. The van der Waals surface area contributed by atoms with Crippen molar-refractivity contribution >= 4 is 39.5 Å². The molecule has 4 unspecified atom stereocenters. The van der Waals surface area contributed by atoms with Crippen LogP contribution in [-0.4, -0.2) is 96.7 Å². The quantitative estimate of drug-likeness (QED) is 0.0222. The third-order valence-electron chi connectivity index (χ3n) is 16.9. The summed E-state index contributed by atoms with van der Waals surface area (Å²) in [5.41, 5.74) is 0. The van der Waals surface area contributed by atoms with E-state index in [1.807, 2.05) is 0 Å². The summed E-state index contributed by atoms with van der Waals surface area (Å²) in [6.07, 6.45) is 44.4. The molecule has 0 bridgehead atoms. The van der Waals surface area contributed by atoms with Gasteiger partial charge in [0.25, 0.3) is 0 Å². The number of aliphatic hydroxyl groups is 1. The minimum Gasteiger partial charge on any atom is -0.462 e. The number of carbonyl (C=O) groups excluding carboxylic acids is 4. The maximum Gasteiger partial charge on any atom is 0.472 e. The number of rotatable bonds is 68. The molecular weight excluding hydrogens is 1170 g/mol. The third kappa shape index (κ3) is 62.0. The molecule has 0 spiro atoms. The minimum absolute atomic E-state index is 0.103. The van der Waals surface area contributed by atoms with Crippen LogP contribution < -0.4 is 0 Å². The monoisotopic (exact) mass is 1310 g/mol. The summed E-state index contributed by atoms with van der Waals surface area (Å²) in [6.45, 7) is 11.8. The molecule has 0 radical (unpaired) electrons. The molecule has 0 aliphatic carbocycles. The van der Waals surface area contributed by atoms with Crippen molar-refractivity contribution in [2.75, 3.05) is 39.6 Å². The third-order valence-corrected chi connectivity index (χ3v) is 18.8. The Labute approximate surface area is 543 Å². The van der Waals surface area contributed by atoms with E-state index in [-0.39, 0.29) is 25.7 Å². The first-order valence-corrected chi connectivity index (χ1v) is 39.4. The van der Waals surface area contributed by atoms with Crippen LogP contribution in [0.25, 0.3) is 0 Å². The first-order chi connectivity index (χ1) is 42.8. The van der Waals surface area contributed by atoms with Crippen LogP contribution >= 0.6 is 15.6 Å². The number of ether oxygens (including phenoxy) is 4. The van der Waals surface area contributed by atoms with E-state index in [1.165, 1.54) is 161 Å². The average molecular weight is 1310 g/mol. The lowest BCUT2D eigenvalue weighted by molar-refractivity contribution is -0.161. The predicted octanol–water partition coefficient (Wildman–Crippen LogP) is 19.8. The number of esters is 4. The second kappa shape index (κ2) is 61.0. The highest BCUT2D eigenvalue weighted by atomic mass is 31.2. The molecule has 0 saturated carbocycles. The van der Waals surface area contributed by atoms with Crippen molar-refractivity contribution < 1.29 is 80.2 Å². The highest BCUT2D eigenvalue weighted by molar-refractivity contribution is 7.47. The van der Waals surface area contributed by atoms with E-state index in [2.05, 4.69) is 48.5 Å². The molecule has 0 fully saturated rings. The summed E-state index contributed by atoms with van der Waals surface area (Å²) in [4.78, 5) is 72.5. The topological polar surface area (TPSA) is 237 Å². The van der Waals surface area contributed by atoms with Gasteiger partial charge in [0.15, 0.2) is 12.2 Å². The van der Waals surface area contributed by atoms with Crippen LogP contribution in [-0.2, 0) is 65.4 Å². The van der Waals surface area contributed by atoms with Gasteiger partial charge >= 0.3 is 39.5 Å². The summed E-state index contributed by atoms with van der Waals surface area (Å²) in [6, 6.07) is 0. The first-order valence-electron chi connectivity index (χ1n) is 36.4. The van der Waals surface area contributed by atoms with Crippen LogP contribution in [0.1, 0.15) is 350 Å². The highest BCUT2D eigenvalue weighted by Gasteiger charge is 2.30. The summed E-state index contributed by atoms with van der Waals surface area (Å²) >= 11 is 0. The van der Waals surface area contributed by atoms with Crippen LogP contribution in [0.3, 0.4) is 0 Å². The van der Waals surface area contributed by atoms with E-state index in [0.29, 0.717) is 25.7 Å². The molecule has 19 heteroatoms. The number of unbranched alkanes of at least 4 members (excludes halogenated alkanes) is 34. The van der Waals surface area contributed by atoms with Gasteiger partial charge < -0.3 is 33.8 Å². The largest absolute Gasteiger partial charge is 0.472 e. The van der Waals surface area contributed by atoms with Crippen molar-refractivity contribution in [2.24, 2.45) is 17.8 Å². The molecule has 528 valence electrons. The highest BCUT2D eigenvalue weighted by Crippen LogP contribution is 2.45. The summed E-state index contributed by atoms with van der Waals surface area (Å²) in [5, 5.41) is 10.6. The smallest absolute Gasteiger partial charge is 0.462 e. The molecule has 0 aliphatic rings. The van der Waals surface area contributed by atoms with Gasteiger partial charge in [-0.05, 0) is 43.4 Å². The normalized spacial score (nSPS) is 14.8. The zero-order valence-electron chi connectivity index (χ0n) is 57.9. The standard InChI is InChI=1S/C70H136O17P2/c1-8-11-12-13-14-15-23-29-37-44-51-67(72)80-58-66(87-70(75)54-47-40-33-32-36-43-50-63(7)10-3)60-85-89(78,79)83-56-64(71)55-82-88(76,77)84-59-65(57-81-68(73)52-45-38-30-26-25-27-34-41-48-61(4)5)86-69(74)53-46-39-31-24-21-19-17-16-18-20-22-28-35-42-49-62(6)9-2/h61-66,71H,8-60H2,1-7H3,(H,76,77)(H,78,79)/t62?,63?,64-,65-,66-/m1/s1. The lowest BCUT2D eigenvalue weighted by atomic mass is 9.99. The van der Waals surface area contributed by atoms with Crippen molar-refractivity contribution in [2.45, 2.75) is 369 Å². The maximum atomic E-state index is 13.0. The summed E-state index contributed by atoms with van der Waals surface area (Å²) in [7, 11) is -9.90. The second-order valence-electron chi connectivity index (χ2n) is 26.2. The Morgan fingerprint density at radius 3 is 0.854 bits per heavy atom. The number of hydrogen-bond acceptors (Lipinski definition) is 15. The Morgan fingerprint density at radius 1 is 0.326 bits per heavy atom. The zero-order valence-corrected chi connectivity index (χ0v) is 59.7. The van der Waals surface area contributed by atoms with E-state index in [4.69, 9.17) is 37.0 Å². The summed E-state index contributed by atoms with van der Waals surface area (Å²) < 4.78 is 68.2. The molecule has 0 rings (SSSR count). The molecule has 89 heavy (non-hydrogen) atoms. The van der Waals surface area contributed by atoms with Gasteiger partial charge in [-0.25, -0.2) is 9.13 Å². The molecule has 0 saturated heterocycles. The van der Waals surface area contributed by atoms with E-state index in [1.54, 1.807) is 0 Å². The Bertz CT molecular complexity index is 1750. The Hall–Kier alpha value is -1.94. The molecule has 0 aromatic carbocycles. The molecule has 0 heterocycles. The minimum atomic E-state index is -4.95. The summed E-state index contributed by atoms with van der Waals surface area (Å²) in [5.74, 6) is 0.163. The van der Waals surface area contributed by atoms with Gasteiger partial charge in [0.1, 0.15) is 19.3 Å². The zero-order chi connectivity index (χ0) is 65.9. The van der Waals surface area contributed by atoms with Crippen LogP contribution in [0.5, 0.6) is 0 Å². The Balaban J connectivity index is 5.22. The maximum absolute atomic E-state index is 13.0. The fraction of sp³-hybridized carbons (Fsp3) is 0.943. The number of phosphoric acid groups is 2. The molecule has 0 aliphatic heterocycles. The molecular formula is C70H136O17P2. The van der Waals surface area contributed by atoms with Crippen molar-refractivity contribution in [3.05, 3.63) is 0 Å². The van der Waals surface area contributed by atoms with Crippen molar-refractivity contribution in [3.8, 4) is 0 Å². The van der Waals surface area contributed by atoms with Gasteiger partial charge in [-0.2, -0.15) is 0 Å². The Kier molecular flexibility index (Phi) is 59.6. The molecule has 7 atom stereocenters. The van der Waals surface area contributed by atoms with Crippen LogP contribution in [0.15, 0.2) is 0 Å². The predicted molar refractivity (Wildman–Crippen MR) is 358 cm³/mol. The molecule has 0 amide bonds. The van der Waals surface area contributed by atoms with Crippen LogP contribution in [0.4, 0.5) is 0 Å². The van der Waals surface area contributed by atoms with Crippen LogP contribution in [0.2, 0.25) is 0 Å². The van der Waals surface area contributed by atoms with Crippen molar-refractivity contribution in [1.82, 2.24) is 0 Å². The van der Waals surface area contributed by atoms with E-state index in [9.17, 15) is 43.2 Å². The molecule has 17 nitrogen and oxygen atoms in total. The Morgan fingerprint density at radius 2 is 0.573 bits per heavy atom. The number of aliphatic hydroxyl groups excluding tert-OH is 1. The van der Waals surface area contributed by atoms with Gasteiger partial charge in [0.2, 0.25) is 0 Å². The van der Waals surface area contributed by atoms with Gasteiger partial charge in [-0.1, -0.05) is 299 Å². The molecule has 0 aromatic rings. The average Bonchev–Trinajstić information content (AvgIpc) is 3.70. The van der Waals surface area contributed by atoms with Crippen molar-refractivity contribution in [3.63, 3.8) is 0 Å². The van der Waals surface area contributed by atoms with Gasteiger partial charge in [0, 0.05) is 25.7 Å². The van der Waals surface area contributed by atoms with E-state index < -0.39 is 97.5 Å².